The largest absolute Gasteiger partial charge is 0.464 e. The minimum atomic E-state index is -0.575. The Morgan fingerprint density at radius 1 is 0.529 bits per heavy atom. The Kier molecular flexibility index (Phi) is 5.55. The molecule has 0 saturated heterocycles. The van der Waals surface area contributed by atoms with Gasteiger partial charge in [-0.05, 0) is 111 Å². The van der Waals surface area contributed by atoms with Crippen LogP contribution in [0.2, 0.25) is 0 Å². The number of fused-ring (bicyclic) bond motifs is 13. The van der Waals surface area contributed by atoms with Crippen LogP contribution < -0.4 is 11.5 Å². The van der Waals surface area contributed by atoms with Gasteiger partial charge in [-0.3, -0.25) is 4.57 Å². The molecule has 2 aliphatic rings. The lowest BCUT2D eigenvalue weighted by molar-refractivity contribution is 0.617. The van der Waals surface area contributed by atoms with Crippen molar-refractivity contribution in [2.45, 2.75) is 5.41 Å². The molecule has 1 atom stereocenters. The maximum absolute atomic E-state index is 6.65. The summed E-state index contributed by atoms with van der Waals surface area (Å²) in [6, 6.07) is 53.4. The Labute approximate surface area is 294 Å². The smallest absolute Gasteiger partial charge is 0.145 e. The Balaban J connectivity index is 1.21. The molecule has 11 rings (SSSR count). The lowest BCUT2D eigenvalue weighted by atomic mass is 9.70. The third-order valence-corrected chi connectivity index (χ3v) is 11.0. The Bertz CT molecular complexity index is 2880. The summed E-state index contributed by atoms with van der Waals surface area (Å²) in [5.74, 6) is 0.911. The van der Waals surface area contributed by atoms with Crippen molar-refractivity contribution >= 4 is 33.4 Å². The molecule has 4 N–H and O–H groups in total. The first-order valence-corrected chi connectivity index (χ1v) is 17.2. The molecule has 2 heterocycles. The van der Waals surface area contributed by atoms with Gasteiger partial charge in [0.15, 0.2) is 0 Å². The first kappa shape index (κ1) is 28.0. The van der Waals surface area contributed by atoms with Crippen molar-refractivity contribution in [2.24, 2.45) is 0 Å². The number of rotatable bonds is 3. The number of nitrogen functional groups attached to an aromatic ring is 2. The van der Waals surface area contributed by atoms with Crippen LogP contribution in [0.25, 0.3) is 72.5 Å². The average Bonchev–Trinajstić information content (AvgIpc) is 3.92. The Morgan fingerprint density at radius 2 is 1.25 bits per heavy atom. The highest BCUT2D eigenvalue weighted by molar-refractivity contribution is 6.11. The third-order valence-electron chi connectivity index (χ3n) is 11.0. The van der Waals surface area contributed by atoms with E-state index < -0.39 is 5.41 Å². The van der Waals surface area contributed by atoms with E-state index in [-0.39, 0.29) is 0 Å². The molecule has 51 heavy (non-hydrogen) atoms. The maximum Gasteiger partial charge on any atom is 0.145 e. The molecule has 5 heteroatoms. The molecule has 9 aromatic rings. The van der Waals surface area contributed by atoms with Gasteiger partial charge in [-0.2, -0.15) is 0 Å². The number of nitrogens with zero attached hydrogens (tertiary/aromatic N) is 2. The van der Waals surface area contributed by atoms with E-state index in [0.717, 1.165) is 61.6 Å². The Hall–Kier alpha value is -6.85. The van der Waals surface area contributed by atoms with E-state index in [1.165, 1.54) is 44.5 Å². The van der Waals surface area contributed by atoms with Crippen molar-refractivity contribution in [1.29, 1.82) is 0 Å². The van der Waals surface area contributed by atoms with Crippen LogP contribution in [0.4, 0.5) is 11.4 Å². The van der Waals surface area contributed by atoms with Gasteiger partial charge in [0.05, 0.1) is 22.7 Å². The number of para-hydroxylation sites is 3. The number of nitrogens with two attached hydrogens (primary N) is 2. The summed E-state index contributed by atoms with van der Waals surface area (Å²) < 4.78 is 8.53. The second-order valence-corrected chi connectivity index (χ2v) is 13.6. The van der Waals surface area contributed by atoms with E-state index in [0.29, 0.717) is 0 Å². The van der Waals surface area contributed by atoms with Crippen LogP contribution in [0.1, 0.15) is 22.3 Å². The van der Waals surface area contributed by atoms with Crippen molar-refractivity contribution in [3.05, 3.63) is 180 Å². The number of benzene rings is 7. The van der Waals surface area contributed by atoms with Crippen molar-refractivity contribution in [1.82, 2.24) is 9.55 Å². The molecular weight excluding hydrogens is 625 g/mol. The van der Waals surface area contributed by atoms with Crippen LogP contribution in [-0.2, 0) is 5.41 Å². The number of aromatic nitrogens is 2. The van der Waals surface area contributed by atoms with Crippen LogP contribution >= 0.6 is 0 Å². The van der Waals surface area contributed by atoms with Gasteiger partial charge in [0.2, 0.25) is 0 Å². The van der Waals surface area contributed by atoms with E-state index in [1.54, 1.807) is 0 Å². The van der Waals surface area contributed by atoms with Gasteiger partial charge >= 0.3 is 0 Å². The van der Waals surface area contributed by atoms with Crippen LogP contribution in [0.15, 0.2) is 162 Å². The standard InChI is InChI=1S/C46H30N4O/c47-29-17-14-27(15-18-29)35-26-51-42-23-22-38-43(44(35)42)33-20-19-30(48)25-39(33)46(38)36-11-5-4-10-32(36)34-24-28(16-21-37(34)46)45-49-40-12-6-7-13-41(40)50(45)31-8-2-1-3-9-31/h1-26H,47-48H2. The minimum absolute atomic E-state index is 0.575. The van der Waals surface area contributed by atoms with Crippen molar-refractivity contribution < 1.29 is 4.42 Å². The van der Waals surface area contributed by atoms with E-state index in [2.05, 4.69) is 126 Å². The molecule has 1 unspecified atom stereocenters. The highest BCUT2D eigenvalue weighted by Gasteiger charge is 2.52. The maximum atomic E-state index is 6.65. The van der Waals surface area contributed by atoms with Gasteiger partial charge in [-0.1, -0.05) is 91.0 Å². The SMILES string of the molecule is Nc1ccc(-c2coc3ccc4c(c23)-c2ccc(N)cc2C42c3ccccc3-c3cc(-c4nc5ccccc5n4-c4ccccc4)ccc32)cc1. The third kappa shape index (κ3) is 3.67. The zero-order valence-corrected chi connectivity index (χ0v) is 27.5. The fourth-order valence-corrected chi connectivity index (χ4v) is 8.89. The summed E-state index contributed by atoms with van der Waals surface area (Å²) in [7, 11) is 0. The first-order chi connectivity index (χ1) is 25.1. The monoisotopic (exact) mass is 654 g/mol. The number of anilines is 2. The number of imidazole rings is 1. The molecule has 0 radical (unpaired) electrons. The molecule has 7 aromatic carbocycles. The topological polar surface area (TPSA) is 83.0 Å². The second kappa shape index (κ2) is 10.1. The molecule has 0 aliphatic heterocycles. The van der Waals surface area contributed by atoms with Crippen LogP contribution in [0.5, 0.6) is 0 Å². The van der Waals surface area contributed by atoms with Gasteiger partial charge in [0.25, 0.3) is 0 Å². The van der Waals surface area contributed by atoms with Crippen molar-refractivity contribution in [3.63, 3.8) is 0 Å². The first-order valence-electron chi connectivity index (χ1n) is 17.2. The molecule has 0 bridgehead atoms. The quantitative estimate of drug-likeness (QED) is 0.186. The van der Waals surface area contributed by atoms with Crippen molar-refractivity contribution in [2.75, 3.05) is 11.5 Å². The molecule has 2 aliphatic carbocycles. The summed E-state index contributed by atoms with van der Waals surface area (Å²) in [5.41, 5.74) is 30.4. The molecule has 0 amide bonds. The normalized spacial score (nSPS) is 15.3. The molecule has 0 fully saturated rings. The molecule has 240 valence electrons. The highest BCUT2D eigenvalue weighted by Crippen LogP contribution is 2.64. The predicted octanol–water partition coefficient (Wildman–Crippen LogP) is 10.6. The summed E-state index contributed by atoms with van der Waals surface area (Å²) in [6.45, 7) is 0. The van der Waals surface area contributed by atoms with E-state index in [1.807, 2.05) is 36.6 Å². The average molecular weight is 655 g/mol. The summed E-state index contributed by atoms with van der Waals surface area (Å²) in [6.07, 6.45) is 1.88. The van der Waals surface area contributed by atoms with Gasteiger partial charge in [0, 0.05) is 33.6 Å². The van der Waals surface area contributed by atoms with Crippen LogP contribution in [0, 0.1) is 0 Å². The summed E-state index contributed by atoms with van der Waals surface area (Å²) >= 11 is 0. The molecule has 5 nitrogen and oxygen atoms in total. The van der Waals surface area contributed by atoms with Gasteiger partial charge in [-0.15, -0.1) is 0 Å². The van der Waals surface area contributed by atoms with E-state index >= 15 is 0 Å². The van der Waals surface area contributed by atoms with Gasteiger partial charge in [-0.25, -0.2) is 4.98 Å². The molecule has 1 spiro atoms. The van der Waals surface area contributed by atoms with Crippen LogP contribution in [0.3, 0.4) is 0 Å². The fraction of sp³-hybridized carbons (Fsp3) is 0.0217. The van der Waals surface area contributed by atoms with E-state index in [9.17, 15) is 0 Å². The highest BCUT2D eigenvalue weighted by atomic mass is 16.3. The van der Waals surface area contributed by atoms with Crippen molar-refractivity contribution in [3.8, 4) is 50.5 Å². The number of hydrogen-bond acceptors (Lipinski definition) is 4. The number of hydrogen-bond donors (Lipinski definition) is 2. The minimum Gasteiger partial charge on any atom is -0.464 e. The molecular formula is C46H30N4O. The zero-order valence-electron chi connectivity index (χ0n) is 27.5. The lowest BCUT2D eigenvalue weighted by Crippen LogP contribution is -2.26. The molecule has 2 aromatic heterocycles. The Morgan fingerprint density at radius 3 is 2.14 bits per heavy atom. The summed E-state index contributed by atoms with van der Waals surface area (Å²) in [4.78, 5) is 5.21. The fourth-order valence-electron chi connectivity index (χ4n) is 8.89. The summed E-state index contributed by atoms with van der Waals surface area (Å²) in [5, 5.41) is 1.10. The number of furan rings is 1. The van der Waals surface area contributed by atoms with Gasteiger partial charge in [0.1, 0.15) is 11.4 Å². The zero-order chi connectivity index (χ0) is 33.8. The lowest BCUT2D eigenvalue weighted by Gasteiger charge is -2.30. The van der Waals surface area contributed by atoms with Gasteiger partial charge < -0.3 is 15.9 Å². The van der Waals surface area contributed by atoms with Crippen LogP contribution in [-0.4, -0.2) is 9.55 Å². The second-order valence-electron chi connectivity index (χ2n) is 13.6. The molecule has 0 saturated carbocycles. The van der Waals surface area contributed by atoms with E-state index in [4.69, 9.17) is 20.9 Å². The predicted molar refractivity (Wildman–Crippen MR) is 207 cm³/mol.